The summed E-state index contributed by atoms with van der Waals surface area (Å²) in [4.78, 5) is 8.28. The molecule has 3 aromatic rings. The van der Waals surface area contributed by atoms with E-state index in [2.05, 4.69) is 15.3 Å². The number of fused-ring (bicyclic) bond motifs is 1. The number of nitrogens with zero attached hydrogens (tertiary/aromatic N) is 3. The van der Waals surface area contributed by atoms with Gasteiger partial charge < -0.3 is 10.4 Å². The van der Waals surface area contributed by atoms with Crippen LogP contribution >= 0.6 is 0 Å². The predicted molar refractivity (Wildman–Crippen MR) is 80.7 cm³/mol. The van der Waals surface area contributed by atoms with Gasteiger partial charge >= 0.3 is 0 Å². The highest BCUT2D eigenvalue weighted by Crippen LogP contribution is 2.20. The molecule has 3 rings (SSSR count). The van der Waals surface area contributed by atoms with Gasteiger partial charge in [-0.2, -0.15) is 0 Å². The molecule has 2 N–H and O–H groups in total. The second-order valence-electron chi connectivity index (χ2n) is 5.44. The lowest BCUT2D eigenvalue weighted by molar-refractivity contribution is 0.0565. The highest BCUT2D eigenvalue weighted by atomic mass is 19.1. The number of nitrogens with one attached hydrogen (secondary N) is 1. The van der Waals surface area contributed by atoms with Gasteiger partial charge in [0.1, 0.15) is 5.82 Å². The lowest BCUT2D eigenvalue weighted by Gasteiger charge is -2.24. The van der Waals surface area contributed by atoms with Gasteiger partial charge in [0, 0.05) is 25.5 Å². The fourth-order valence-corrected chi connectivity index (χ4v) is 2.37. The maximum absolute atomic E-state index is 12.9. The van der Waals surface area contributed by atoms with Crippen LogP contribution in [0.1, 0.15) is 18.2 Å². The van der Waals surface area contributed by atoms with Crippen molar-refractivity contribution in [2.45, 2.75) is 19.1 Å². The molecule has 0 amide bonds. The Balaban J connectivity index is 1.66. The van der Waals surface area contributed by atoms with Gasteiger partial charge in [-0.3, -0.25) is 9.38 Å². The third kappa shape index (κ3) is 2.98. The van der Waals surface area contributed by atoms with Crippen LogP contribution in [0.3, 0.4) is 0 Å². The van der Waals surface area contributed by atoms with Crippen LogP contribution in [0.25, 0.3) is 5.65 Å². The fraction of sp³-hybridized carbons (Fsp3) is 0.250. The normalized spacial score (nSPS) is 14.1. The van der Waals surface area contributed by atoms with Crippen molar-refractivity contribution in [3.05, 3.63) is 66.1 Å². The van der Waals surface area contributed by atoms with E-state index in [1.165, 1.54) is 12.1 Å². The monoisotopic (exact) mass is 300 g/mol. The molecule has 0 radical (unpaired) electrons. The summed E-state index contributed by atoms with van der Waals surface area (Å²) >= 11 is 0. The molecule has 0 aliphatic carbocycles. The molecule has 2 heterocycles. The topological polar surface area (TPSA) is 62.5 Å². The molecule has 0 bridgehead atoms. The Morgan fingerprint density at radius 1 is 1.27 bits per heavy atom. The van der Waals surface area contributed by atoms with Crippen molar-refractivity contribution in [2.75, 3.05) is 6.54 Å². The molecular formula is C16H17FN4O. The second-order valence-corrected chi connectivity index (χ2v) is 5.44. The second kappa shape index (κ2) is 5.82. The molecule has 1 unspecified atom stereocenters. The summed E-state index contributed by atoms with van der Waals surface area (Å²) in [5.41, 5.74) is 1.36. The van der Waals surface area contributed by atoms with Crippen molar-refractivity contribution >= 4 is 5.65 Å². The Kier molecular flexibility index (Phi) is 3.87. The first kappa shape index (κ1) is 14.6. The minimum absolute atomic E-state index is 0.313. The Labute approximate surface area is 127 Å². The summed E-state index contributed by atoms with van der Waals surface area (Å²) in [7, 11) is 0. The van der Waals surface area contributed by atoms with Crippen molar-refractivity contribution in [2.24, 2.45) is 0 Å². The summed E-state index contributed by atoms with van der Waals surface area (Å²) in [5, 5.41) is 13.7. The van der Waals surface area contributed by atoms with E-state index < -0.39 is 5.60 Å². The molecule has 0 saturated carbocycles. The summed E-state index contributed by atoms with van der Waals surface area (Å²) in [6, 6.07) is 5.89. The minimum Gasteiger partial charge on any atom is -0.384 e. The van der Waals surface area contributed by atoms with Gasteiger partial charge in [-0.15, -0.1) is 0 Å². The molecular weight excluding hydrogens is 283 g/mol. The van der Waals surface area contributed by atoms with Crippen LogP contribution < -0.4 is 5.32 Å². The van der Waals surface area contributed by atoms with Crippen molar-refractivity contribution < 1.29 is 9.50 Å². The van der Waals surface area contributed by atoms with Gasteiger partial charge in [0.05, 0.1) is 23.7 Å². The van der Waals surface area contributed by atoms with Crippen LogP contribution in [-0.4, -0.2) is 26.0 Å². The number of hydrogen-bond acceptors (Lipinski definition) is 4. The lowest BCUT2D eigenvalue weighted by atomic mass is 9.96. The van der Waals surface area contributed by atoms with Crippen LogP contribution in [0, 0.1) is 5.82 Å². The van der Waals surface area contributed by atoms with Gasteiger partial charge in [-0.05, 0) is 24.6 Å². The zero-order chi connectivity index (χ0) is 15.6. The molecule has 1 aromatic carbocycles. The van der Waals surface area contributed by atoms with Crippen LogP contribution in [0.4, 0.5) is 4.39 Å². The van der Waals surface area contributed by atoms with Gasteiger partial charge in [0.15, 0.2) is 5.65 Å². The van der Waals surface area contributed by atoms with E-state index in [0.717, 1.165) is 11.3 Å². The van der Waals surface area contributed by atoms with Crippen molar-refractivity contribution in [3.63, 3.8) is 0 Å². The zero-order valence-electron chi connectivity index (χ0n) is 12.2. The number of imidazole rings is 1. The molecule has 0 aliphatic heterocycles. The van der Waals surface area contributed by atoms with E-state index in [1.54, 1.807) is 37.6 Å². The number of hydrogen-bond donors (Lipinski definition) is 2. The van der Waals surface area contributed by atoms with Crippen LogP contribution in [0.5, 0.6) is 0 Å². The Morgan fingerprint density at radius 3 is 2.82 bits per heavy atom. The maximum Gasteiger partial charge on any atom is 0.155 e. The first-order valence-corrected chi connectivity index (χ1v) is 7.01. The molecule has 0 saturated heterocycles. The van der Waals surface area contributed by atoms with E-state index in [0.29, 0.717) is 18.7 Å². The molecule has 114 valence electrons. The summed E-state index contributed by atoms with van der Waals surface area (Å²) in [6.07, 6.45) is 7.01. The van der Waals surface area contributed by atoms with E-state index in [9.17, 15) is 9.50 Å². The largest absolute Gasteiger partial charge is 0.384 e. The van der Waals surface area contributed by atoms with E-state index >= 15 is 0 Å². The Bertz CT molecular complexity index is 767. The van der Waals surface area contributed by atoms with Gasteiger partial charge in [-0.25, -0.2) is 9.37 Å². The van der Waals surface area contributed by atoms with Crippen LogP contribution in [0.15, 0.2) is 49.1 Å². The summed E-state index contributed by atoms with van der Waals surface area (Å²) < 4.78 is 14.9. The first-order chi connectivity index (χ1) is 10.6. The molecule has 1 atom stereocenters. The lowest BCUT2D eigenvalue weighted by Crippen LogP contribution is -2.35. The van der Waals surface area contributed by atoms with Gasteiger partial charge in [0.25, 0.3) is 0 Å². The predicted octanol–water partition coefficient (Wildman–Crippen LogP) is 1.87. The van der Waals surface area contributed by atoms with Gasteiger partial charge in [-0.1, -0.05) is 12.1 Å². The smallest absolute Gasteiger partial charge is 0.155 e. The van der Waals surface area contributed by atoms with Crippen LogP contribution in [0.2, 0.25) is 0 Å². The summed E-state index contributed by atoms with van der Waals surface area (Å²) in [6.45, 7) is 2.60. The van der Waals surface area contributed by atoms with Gasteiger partial charge in [0.2, 0.25) is 0 Å². The number of aliphatic hydroxyl groups is 1. The van der Waals surface area contributed by atoms with Crippen LogP contribution in [-0.2, 0) is 12.1 Å². The number of benzene rings is 1. The molecule has 0 spiro atoms. The number of halogens is 1. The molecule has 5 nitrogen and oxygen atoms in total. The standard InChI is InChI=1S/C16H17FN4O/c1-16(22,12-2-4-13(17)5-3-12)11-19-8-14-9-20-15-10-18-6-7-21(14)15/h2-7,9-10,19,22H,8,11H2,1H3. The molecule has 6 heteroatoms. The van der Waals surface area contributed by atoms with Crippen molar-refractivity contribution in [1.82, 2.24) is 19.7 Å². The Hall–Kier alpha value is -2.31. The molecule has 0 fully saturated rings. The highest BCUT2D eigenvalue weighted by Gasteiger charge is 2.22. The third-order valence-corrected chi connectivity index (χ3v) is 3.64. The first-order valence-electron chi connectivity index (χ1n) is 7.01. The average Bonchev–Trinajstić information content (AvgIpc) is 2.91. The third-order valence-electron chi connectivity index (χ3n) is 3.64. The van der Waals surface area contributed by atoms with E-state index in [4.69, 9.17) is 0 Å². The number of rotatable bonds is 5. The quantitative estimate of drug-likeness (QED) is 0.755. The highest BCUT2D eigenvalue weighted by molar-refractivity contribution is 5.36. The van der Waals surface area contributed by atoms with Crippen molar-refractivity contribution in [3.8, 4) is 0 Å². The minimum atomic E-state index is -1.07. The Morgan fingerprint density at radius 2 is 2.05 bits per heavy atom. The maximum atomic E-state index is 12.9. The molecule has 2 aromatic heterocycles. The number of aromatic nitrogens is 3. The molecule has 22 heavy (non-hydrogen) atoms. The van der Waals surface area contributed by atoms with Crippen molar-refractivity contribution in [1.29, 1.82) is 0 Å². The summed E-state index contributed by atoms with van der Waals surface area (Å²) in [5.74, 6) is -0.313. The zero-order valence-corrected chi connectivity index (χ0v) is 12.2. The fourth-order valence-electron chi connectivity index (χ4n) is 2.37. The van der Waals surface area contributed by atoms with E-state index in [-0.39, 0.29) is 5.82 Å². The average molecular weight is 300 g/mol. The molecule has 0 aliphatic rings. The SMILES string of the molecule is CC(O)(CNCc1cnc2cnccn12)c1ccc(F)cc1. The van der Waals surface area contributed by atoms with E-state index in [1.807, 2.05) is 10.6 Å².